The Morgan fingerprint density at radius 1 is 1.53 bits per heavy atom. The van der Waals surface area contributed by atoms with Gasteiger partial charge in [-0.15, -0.1) is 0 Å². The van der Waals surface area contributed by atoms with Gasteiger partial charge in [0, 0.05) is 6.54 Å². The molecule has 5 nitrogen and oxygen atoms in total. The van der Waals surface area contributed by atoms with Gasteiger partial charge in [0.15, 0.2) is 0 Å². The van der Waals surface area contributed by atoms with Gasteiger partial charge in [-0.25, -0.2) is 4.79 Å². The first-order valence-electron chi connectivity index (χ1n) is 6.51. The quantitative estimate of drug-likeness (QED) is 0.765. The molecule has 0 spiro atoms. The molecular formula is C14H24N2O3. The third kappa shape index (κ3) is 4.69. The van der Waals surface area contributed by atoms with Gasteiger partial charge in [0.05, 0.1) is 19.4 Å². The summed E-state index contributed by atoms with van der Waals surface area (Å²) in [6, 6.07) is 1.65. The summed E-state index contributed by atoms with van der Waals surface area (Å²) in [4.78, 5) is 13.8. The molecule has 1 heterocycles. The van der Waals surface area contributed by atoms with E-state index in [1.165, 1.54) is 6.26 Å². The van der Waals surface area contributed by atoms with Crippen LogP contribution in [-0.4, -0.2) is 37.6 Å². The summed E-state index contributed by atoms with van der Waals surface area (Å²) in [6.07, 6.45) is 1.52. The molecule has 2 N–H and O–H groups in total. The van der Waals surface area contributed by atoms with Crippen molar-refractivity contribution in [1.82, 2.24) is 4.90 Å². The SMILES string of the molecule is CCOC(=O)c1ccoc1CN(C)CC(C)(C)CN. The largest absolute Gasteiger partial charge is 0.467 e. The Bertz CT molecular complexity index is 413. The van der Waals surface area contributed by atoms with Crippen LogP contribution in [0.3, 0.4) is 0 Å². The van der Waals surface area contributed by atoms with Gasteiger partial charge in [-0.3, -0.25) is 4.90 Å². The van der Waals surface area contributed by atoms with Crippen LogP contribution in [-0.2, 0) is 11.3 Å². The summed E-state index contributed by atoms with van der Waals surface area (Å²) in [6.45, 7) is 8.36. The van der Waals surface area contributed by atoms with Gasteiger partial charge in [-0.1, -0.05) is 13.8 Å². The van der Waals surface area contributed by atoms with Gasteiger partial charge in [0.2, 0.25) is 0 Å². The van der Waals surface area contributed by atoms with E-state index < -0.39 is 0 Å². The van der Waals surface area contributed by atoms with Crippen molar-refractivity contribution in [3.8, 4) is 0 Å². The lowest BCUT2D eigenvalue weighted by Crippen LogP contribution is -2.36. The minimum absolute atomic E-state index is 0.0332. The lowest BCUT2D eigenvalue weighted by atomic mass is 9.93. The van der Waals surface area contributed by atoms with Gasteiger partial charge >= 0.3 is 5.97 Å². The first kappa shape index (κ1) is 15.7. The zero-order chi connectivity index (χ0) is 14.5. The highest BCUT2D eigenvalue weighted by molar-refractivity contribution is 5.90. The number of ether oxygens (including phenoxy) is 1. The standard InChI is InChI=1S/C14H24N2O3/c1-5-18-13(17)11-6-7-19-12(11)8-16(4)10-14(2,3)9-15/h6-7H,5,8-10,15H2,1-4H3. The predicted octanol–water partition coefficient (Wildman–Crippen LogP) is 1.87. The smallest absolute Gasteiger partial charge is 0.341 e. The van der Waals surface area contributed by atoms with E-state index in [2.05, 4.69) is 18.7 Å². The highest BCUT2D eigenvalue weighted by Crippen LogP contribution is 2.18. The third-order valence-corrected chi connectivity index (χ3v) is 2.90. The fourth-order valence-corrected chi connectivity index (χ4v) is 1.95. The predicted molar refractivity (Wildman–Crippen MR) is 73.8 cm³/mol. The summed E-state index contributed by atoms with van der Waals surface area (Å²) >= 11 is 0. The number of nitrogens with two attached hydrogens (primary N) is 1. The minimum atomic E-state index is -0.335. The Morgan fingerprint density at radius 3 is 2.79 bits per heavy atom. The lowest BCUT2D eigenvalue weighted by Gasteiger charge is -2.28. The summed E-state index contributed by atoms with van der Waals surface area (Å²) in [5.41, 5.74) is 6.25. The molecule has 108 valence electrons. The molecule has 0 aliphatic rings. The number of furan rings is 1. The molecule has 0 amide bonds. The van der Waals surface area contributed by atoms with Crippen molar-refractivity contribution in [3.63, 3.8) is 0 Å². The Hall–Kier alpha value is -1.33. The second-order valence-electron chi connectivity index (χ2n) is 5.52. The molecule has 0 aromatic carbocycles. The number of rotatable bonds is 7. The highest BCUT2D eigenvalue weighted by atomic mass is 16.5. The van der Waals surface area contributed by atoms with Gasteiger partial charge in [0.1, 0.15) is 11.3 Å². The molecule has 1 aromatic heterocycles. The maximum atomic E-state index is 11.7. The van der Waals surface area contributed by atoms with Crippen molar-refractivity contribution in [1.29, 1.82) is 0 Å². The Balaban J connectivity index is 2.67. The molecule has 0 saturated carbocycles. The van der Waals surface area contributed by atoms with E-state index in [1.807, 2.05) is 7.05 Å². The van der Waals surface area contributed by atoms with E-state index in [0.717, 1.165) is 6.54 Å². The number of carbonyl (C=O) groups excluding carboxylic acids is 1. The maximum Gasteiger partial charge on any atom is 0.341 e. The van der Waals surface area contributed by atoms with Crippen molar-refractivity contribution in [2.75, 3.05) is 26.7 Å². The van der Waals surface area contributed by atoms with Gasteiger partial charge in [-0.05, 0) is 32.0 Å². The Kier molecular flexibility index (Phi) is 5.57. The normalized spacial score (nSPS) is 11.9. The van der Waals surface area contributed by atoms with Crippen LogP contribution in [0.15, 0.2) is 16.7 Å². The van der Waals surface area contributed by atoms with Crippen molar-refractivity contribution in [2.24, 2.45) is 11.1 Å². The number of nitrogens with zero attached hydrogens (tertiary/aromatic N) is 1. The molecule has 0 aliphatic heterocycles. The number of hydrogen-bond acceptors (Lipinski definition) is 5. The second-order valence-corrected chi connectivity index (χ2v) is 5.52. The van der Waals surface area contributed by atoms with E-state index in [-0.39, 0.29) is 11.4 Å². The van der Waals surface area contributed by atoms with E-state index in [1.54, 1.807) is 13.0 Å². The van der Waals surface area contributed by atoms with Crippen LogP contribution in [0, 0.1) is 5.41 Å². The number of carbonyl (C=O) groups is 1. The van der Waals surface area contributed by atoms with E-state index in [0.29, 0.717) is 31.0 Å². The van der Waals surface area contributed by atoms with Crippen molar-refractivity contribution in [2.45, 2.75) is 27.3 Å². The summed E-state index contributed by atoms with van der Waals surface area (Å²) in [5, 5.41) is 0. The minimum Gasteiger partial charge on any atom is -0.467 e. The van der Waals surface area contributed by atoms with E-state index >= 15 is 0 Å². The second kappa shape index (κ2) is 6.73. The molecule has 0 atom stereocenters. The molecule has 1 rings (SSSR count). The van der Waals surface area contributed by atoms with Crippen LogP contribution in [0.4, 0.5) is 0 Å². The van der Waals surface area contributed by atoms with Crippen LogP contribution in [0.25, 0.3) is 0 Å². The van der Waals surface area contributed by atoms with Crippen LogP contribution < -0.4 is 5.73 Å². The Morgan fingerprint density at radius 2 is 2.21 bits per heavy atom. The molecule has 19 heavy (non-hydrogen) atoms. The average molecular weight is 268 g/mol. The van der Waals surface area contributed by atoms with Crippen LogP contribution >= 0.6 is 0 Å². The monoisotopic (exact) mass is 268 g/mol. The first-order valence-corrected chi connectivity index (χ1v) is 6.51. The van der Waals surface area contributed by atoms with Crippen molar-refractivity contribution < 1.29 is 13.9 Å². The molecule has 5 heteroatoms. The number of esters is 1. The lowest BCUT2D eigenvalue weighted by molar-refractivity contribution is 0.0522. The van der Waals surface area contributed by atoms with Gasteiger partial charge < -0.3 is 14.9 Å². The molecular weight excluding hydrogens is 244 g/mol. The van der Waals surface area contributed by atoms with Crippen LogP contribution in [0.5, 0.6) is 0 Å². The van der Waals surface area contributed by atoms with E-state index in [4.69, 9.17) is 14.9 Å². The maximum absolute atomic E-state index is 11.7. The first-order chi connectivity index (χ1) is 8.89. The molecule has 0 saturated heterocycles. The summed E-state index contributed by atoms with van der Waals surface area (Å²) < 4.78 is 10.4. The van der Waals surface area contributed by atoms with E-state index in [9.17, 15) is 4.79 Å². The third-order valence-electron chi connectivity index (χ3n) is 2.90. The summed E-state index contributed by atoms with van der Waals surface area (Å²) in [7, 11) is 1.98. The molecule has 0 fully saturated rings. The summed E-state index contributed by atoms with van der Waals surface area (Å²) in [5.74, 6) is 0.298. The van der Waals surface area contributed by atoms with Crippen molar-refractivity contribution in [3.05, 3.63) is 23.7 Å². The fourth-order valence-electron chi connectivity index (χ4n) is 1.95. The van der Waals surface area contributed by atoms with Crippen LogP contribution in [0.1, 0.15) is 36.9 Å². The topological polar surface area (TPSA) is 68.7 Å². The fraction of sp³-hybridized carbons (Fsp3) is 0.643. The molecule has 0 aliphatic carbocycles. The number of hydrogen-bond donors (Lipinski definition) is 1. The highest BCUT2D eigenvalue weighted by Gasteiger charge is 2.21. The average Bonchev–Trinajstić information content (AvgIpc) is 2.76. The molecule has 0 unspecified atom stereocenters. The zero-order valence-electron chi connectivity index (χ0n) is 12.2. The molecule has 0 radical (unpaired) electrons. The van der Waals surface area contributed by atoms with Crippen molar-refractivity contribution >= 4 is 5.97 Å². The molecule has 1 aromatic rings. The zero-order valence-corrected chi connectivity index (χ0v) is 12.2. The molecule has 0 bridgehead atoms. The van der Waals surface area contributed by atoms with Crippen LogP contribution in [0.2, 0.25) is 0 Å². The van der Waals surface area contributed by atoms with Gasteiger partial charge in [-0.2, -0.15) is 0 Å². The van der Waals surface area contributed by atoms with Gasteiger partial charge in [0.25, 0.3) is 0 Å². The Labute approximate surface area is 114 Å².